The zero-order chi connectivity index (χ0) is 25.2. The Bertz CT molecular complexity index is 1340. The zero-order valence-corrected chi connectivity index (χ0v) is 21.4. The monoisotopic (exact) mass is 555 g/mol. The molecule has 3 aromatic rings. The fourth-order valence-electron chi connectivity index (χ4n) is 3.40. The van der Waals surface area contributed by atoms with Crippen LogP contribution in [-0.2, 0) is 19.6 Å². The number of ether oxygens (including phenoxy) is 1. The Kier molecular flexibility index (Phi) is 7.45. The number of halogens is 2. The second kappa shape index (κ2) is 10.4. The SMILES string of the molecule is CC(Oc1cccc(Cl)c1Cl)C(=O)N1CCN(c2ccc(S(=O)(=O)Nc3ncns3)cc2)C(=O)C1. The first-order valence-corrected chi connectivity index (χ1v) is 13.3. The summed E-state index contributed by atoms with van der Waals surface area (Å²) in [5.74, 6) is -0.390. The molecule has 0 radical (unpaired) electrons. The summed E-state index contributed by atoms with van der Waals surface area (Å²) in [5.41, 5.74) is 0.520. The molecule has 2 amide bonds. The van der Waals surface area contributed by atoms with Crippen LogP contribution in [0.5, 0.6) is 5.75 Å². The van der Waals surface area contributed by atoms with Crippen LogP contribution < -0.4 is 14.4 Å². The lowest BCUT2D eigenvalue weighted by molar-refractivity contribution is -0.142. The van der Waals surface area contributed by atoms with Crippen LogP contribution in [0, 0.1) is 0 Å². The van der Waals surface area contributed by atoms with Gasteiger partial charge in [0.2, 0.25) is 11.0 Å². The molecule has 1 aliphatic rings. The number of amides is 2. The second-order valence-electron chi connectivity index (χ2n) is 7.46. The van der Waals surface area contributed by atoms with E-state index >= 15 is 0 Å². The lowest BCUT2D eigenvalue weighted by Crippen LogP contribution is -2.54. The highest BCUT2D eigenvalue weighted by Gasteiger charge is 2.31. The topological polar surface area (TPSA) is 122 Å². The van der Waals surface area contributed by atoms with Gasteiger partial charge in [-0.15, -0.1) is 0 Å². The average Bonchev–Trinajstić information content (AvgIpc) is 3.34. The van der Waals surface area contributed by atoms with E-state index in [-0.39, 0.29) is 52.2 Å². The molecule has 1 unspecified atom stereocenters. The first kappa shape index (κ1) is 25.2. The summed E-state index contributed by atoms with van der Waals surface area (Å²) < 4.78 is 36.7. The standard InChI is InChI=1S/C21H19Cl2N5O5S2/c1-13(33-17-4-2-3-16(22)19(17)23)20(30)27-9-10-28(18(29)11-27)14-5-7-15(8-6-14)35(31,32)26-21-24-12-25-34-21/h2-8,12-13H,9-11H2,1H3,(H,24,25,26). The molecule has 14 heteroatoms. The number of aromatic nitrogens is 2. The van der Waals surface area contributed by atoms with Crippen LogP contribution in [0.25, 0.3) is 0 Å². The van der Waals surface area contributed by atoms with Gasteiger partial charge in [-0.3, -0.25) is 14.3 Å². The Morgan fingerprint density at radius 3 is 2.57 bits per heavy atom. The molecule has 4 rings (SSSR count). The summed E-state index contributed by atoms with van der Waals surface area (Å²) in [6.07, 6.45) is 0.372. The molecule has 1 saturated heterocycles. The number of sulfonamides is 1. The quantitative estimate of drug-likeness (QED) is 0.474. The summed E-state index contributed by atoms with van der Waals surface area (Å²) in [6, 6.07) is 10.7. The summed E-state index contributed by atoms with van der Waals surface area (Å²) in [5, 5.41) is 0.668. The van der Waals surface area contributed by atoms with Crippen molar-refractivity contribution >= 4 is 67.4 Å². The van der Waals surface area contributed by atoms with Gasteiger partial charge in [-0.05, 0) is 43.3 Å². The van der Waals surface area contributed by atoms with Crippen LogP contribution >= 0.6 is 34.7 Å². The number of hydrogen-bond donors (Lipinski definition) is 1. The molecule has 1 fully saturated rings. The summed E-state index contributed by atoms with van der Waals surface area (Å²) >= 11 is 13.0. The van der Waals surface area contributed by atoms with E-state index in [1.54, 1.807) is 25.1 Å². The van der Waals surface area contributed by atoms with Crippen molar-refractivity contribution in [3.8, 4) is 5.75 Å². The highest BCUT2D eigenvalue weighted by atomic mass is 35.5. The number of rotatable bonds is 7. The van der Waals surface area contributed by atoms with Gasteiger partial charge in [0.1, 0.15) is 23.6 Å². The van der Waals surface area contributed by atoms with Gasteiger partial charge >= 0.3 is 0 Å². The van der Waals surface area contributed by atoms with Crippen molar-refractivity contribution < 1.29 is 22.7 Å². The predicted molar refractivity (Wildman–Crippen MR) is 133 cm³/mol. The van der Waals surface area contributed by atoms with E-state index in [9.17, 15) is 18.0 Å². The third-order valence-corrected chi connectivity index (χ3v) is 8.01. The van der Waals surface area contributed by atoms with Gasteiger partial charge in [-0.1, -0.05) is 29.3 Å². The summed E-state index contributed by atoms with van der Waals surface area (Å²) in [7, 11) is -3.84. The Labute approximate surface area is 215 Å². The van der Waals surface area contributed by atoms with E-state index in [4.69, 9.17) is 27.9 Å². The molecule has 1 N–H and O–H groups in total. The third-order valence-electron chi connectivity index (χ3n) is 5.14. The minimum absolute atomic E-state index is 0.0170. The Morgan fingerprint density at radius 2 is 1.91 bits per heavy atom. The van der Waals surface area contributed by atoms with Gasteiger partial charge in [-0.25, -0.2) is 13.4 Å². The van der Waals surface area contributed by atoms with Crippen LogP contribution in [0.2, 0.25) is 10.0 Å². The Hall–Kier alpha value is -2.93. The van der Waals surface area contributed by atoms with E-state index in [1.807, 2.05) is 0 Å². The maximum Gasteiger partial charge on any atom is 0.263 e. The first-order valence-electron chi connectivity index (χ1n) is 10.2. The molecule has 1 aliphatic heterocycles. The van der Waals surface area contributed by atoms with Crippen LogP contribution in [-0.4, -0.2) is 60.2 Å². The summed E-state index contributed by atoms with van der Waals surface area (Å²) in [4.78, 5) is 32.4. The normalized spacial score (nSPS) is 15.1. The fraction of sp³-hybridized carbons (Fsp3) is 0.238. The van der Waals surface area contributed by atoms with Crippen molar-refractivity contribution in [1.82, 2.24) is 14.3 Å². The lowest BCUT2D eigenvalue weighted by Gasteiger charge is -2.35. The molecule has 0 aliphatic carbocycles. The van der Waals surface area contributed by atoms with E-state index in [0.29, 0.717) is 10.7 Å². The van der Waals surface area contributed by atoms with E-state index in [1.165, 1.54) is 40.4 Å². The number of carbonyl (C=O) groups is 2. The van der Waals surface area contributed by atoms with E-state index in [2.05, 4.69) is 14.1 Å². The maximum atomic E-state index is 12.8. The molecule has 184 valence electrons. The van der Waals surface area contributed by atoms with E-state index < -0.39 is 16.1 Å². The van der Waals surface area contributed by atoms with Gasteiger partial charge in [0.25, 0.3) is 15.9 Å². The highest BCUT2D eigenvalue weighted by Crippen LogP contribution is 2.32. The number of nitrogens with zero attached hydrogens (tertiary/aromatic N) is 4. The third kappa shape index (κ3) is 5.67. The average molecular weight is 556 g/mol. The summed E-state index contributed by atoms with van der Waals surface area (Å²) in [6.45, 7) is 1.95. The van der Waals surface area contributed by atoms with Crippen molar-refractivity contribution in [3.63, 3.8) is 0 Å². The number of carbonyl (C=O) groups excluding carboxylic acids is 2. The number of nitrogens with one attached hydrogen (secondary N) is 1. The molecule has 0 spiro atoms. The number of piperazine rings is 1. The largest absolute Gasteiger partial charge is 0.479 e. The maximum absolute atomic E-state index is 12.8. The number of benzene rings is 2. The molecule has 2 heterocycles. The Balaban J connectivity index is 1.38. The molecule has 1 atom stereocenters. The highest BCUT2D eigenvalue weighted by molar-refractivity contribution is 7.93. The van der Waals surface area contributed by atoms with Crippen molar-refractivity contribution in [1.29, 1.82) is 0 Å². The molecule has 2 aromatic carbocycles. The zero-order valence-electron chi connectivity index (χ0n) is 18.2. The molecule has 1 aromatic heterocycles. The minimum atomic E-state index is -3.84. The lowest BCUT2D eigenvalue weighted by atomic mass is 10.2. The van der Waals surface area contributed by atoms with Crippen LogP contribution in [0.4, 0.5) is 10.8 Å². The van der Waals surface area contributed by atoms with Crippen LogP contribution in [0.15, 0.2) is 53.7 Å². The second-order valence-corrected chi connectivity index (χ2v) is 10.7. The first-order chi connectivity index (χ1) is 16.7. The van der Waals surface area contributed by atoms with Crippen molar-refractivity contribution in [2.24, 2.45) is 0 Å². The van der Waals surface area contributed by atoms with Crippen LogP contribution in [0.3, 0.4) is 0 Å². The molecule has 0 saturated carbocycles. The minimum Gasteiger partial charge on any atom is -0.479 e. The predicted octanol–water partition coefficient (Wildman–Crippen LogP) is 3.29. The van der Waals surface area contributed by atoms with Crippen molar-refractivity contribution in [2.45, 2.75) is 17.9 Å². The Morgan fingerprint density at radius 1 is 1.17 bits per heavy atom. The molecular formula is C21H19Cl2N5O5S2. The van der Waals surface area contributed by atoms with Crippen molar-refractivity contribution in [2.75, 3.05) is 29.3 Å². The van der Waals surface area contributed by atoms with Gasteiger partial charge in [0, 0.05) is 30.3 Å². The molecule has 10 nitrogen and oxygen atoms in total. The van der Waals surface area contributed by atoms with Gasteiger partial charge < -0.3 is 14.5 Å². The number of anilines is 2. The smallest absolute Gasteiger partial charge is 0.263 e. The van der Waals surface area contributed by atoms with Gasteiger partial charge in [-0.2, -0.15) is 4.37 Å². The van der Waals surface area contributed by atoms with Crippen LogP contribution in [0.1, 0.15) is 6.92 Å². The number of hydrogen-bond acceptors (Lipinski definition) is 8. The molecule has 35 heavy (non-hydrogen) atoms. The van der Waals surface area contributed by atoms with Gasteiger partial charge in [0.05, 0.1) is 9.92 Å². The molecular weight excluding hydrogens is 537 g/mol. The van der Waals surface area contributed by atoms with Crippen molar-refractivity contribution in [3.05, 3.63) is 58.8 Å². The van der Waals surface area contributed by atoms with Gasteiger partial charge in [0.15, 0.2) is 6.10 Å². The molecule has 0 bridgehead atoms. The van der Waals surface area contributed by atoms with E-state index in [0.717, 1.165) is 11.5 Å². The fourth-order valence-corrected chi connectivity index (χ4v) is 5.40.